The Morgan fingerprint density at radius 2 is 1.57 bits per heavy atom. The standard InChI is InChI=1S/C24H28O6/c1-5-6-7-8-23(26)30-21-14-17(11-12-20(21)27-2)9-10-18-13-19(16-25)24(29-4)22(15-18)28-3/h9-16H,5-8H2,1-4H3/b10-9-. The van der Waals surface area contributed by atoms with Crippen LogP contribution in [0.2, 0.25) is 0 Å². The van der Waals surface area contributed by atoms with Gasteiger partial charge < -0.3 is 18.9 Å². The fourth-order valence-corrected chi connectivity index (χ4v) is 2.96. The van der Waals surface area contributed by atoms with Crippen LogP contribution in [0.4, 0.5) is 0 Å². The van der Waals surface area contributed by atoms with Crippen molar-refractivity contribution in [2.24, 2.45) is 0 Å². The van der Waals surface area contributed by atoms with Gasteiger partial charge in [0.2, 0.25) is 0 Å². The molecule has 0 bridgehead atoms. The first-order valence-electron chi connectivity index (χ1n) is 9.84. The predicted octanol–water partition coefficient (Wildman–Crippen LogP) is 5.18. The summed E-state index contributed by atoms with van der Waals surface area (Å²) in [6.07, 6.45) is 7.62. The fourth-order valence-electron chi connectivity index (χ4n) is 2.96. The Hall–Kier alpha value is -3.28. The minimum absolute atomic E-state index is 0.279. The molecule has 0 aliphatic carbocycles. The molecule has 0 spiro atoms. The molecule has 0 aromatic heterocycles. The van der Waals surface area contributed by atoms with Crippen molar-refractivity contribution in [1.82, 2.24) is 0 Å². The number of carbonyl (C=O) groups is 2. The van der Waals surface area contributed by atoms with E-state index in [-0.39, 0.29) is 5.97 Å². The Kier molecular flexibility index (Phi) is 8.94. The lowest BCUT2D eigenvalue weighted by Crippen LogP contribution is -2.08. The molecule has 0 aliphatic rings. The van der Waals surface area contributed by atoms with Crippen LogP contribution < -0.4 is 18.9 Å². The first-order valence-corrected chi connectivity index (χ1v) is 9.84. The van der Waals surface area contributed by atoms with E-state index in [2.05, 4.69) is 6.92 Å². The second kappa shape index (κ2) is 11.7. The van der Waals surface area contributed by atoms with Gasteiger partial charge in [-0.05, 0) is 41.8 Å². The van der Waals surface area contributed by atoms with Crippen molar-refractivity contribution >= 4 is 24.4 Å². The molecule has 6 nitrogen and oxygen atoms in total. The van der Waals surface area contributed by atoms with Crippen LogP contribution in [0.1, 0.15) is 54.1 Å². The van der Waals surface area contributed by atoms with Crippen molar-refractivity contribution in [3.63, 3.8) is 0 Å². The molecule has 160 valence electrons. The summed E-state index contributed by atoms with van der Waals surface area (Å²) in [6.45, 7) is 2.08. The van der Waals surface area contributed by atoms with Gasteiger partial charge in [-0.15, -0.1) is 0 Å². The SMILES string of the molecule is CCCCCC(=O)Oc1cc(/C=C\c2cc(C=O)c(OC)c(OC)c2)ccc1OC. The number of hydrogen-bond acceptors (Lipinski definition) is 6. The molecule has 0 unspecified atom stereocenters. The van der Waals surface area contributed by atoms with Gasteiger partial charge in [0.1, 0.15) is 0 Å². The Labute approximate surface area is 177 Å². The summed E-state index contributed by atoms with van der Waals surface area (Å²) in [5.74, 6) is 1.45. The van der Waals surface area contributed by atoms with Gasteiger partial charge in [-0.1, -0.05) is 38.0 Å². The van der Waals surface area contributed by atoms with Crippen LogP contribution in [0.15, 0.2) is 30.3 Å². The third-order valence-electron chi connectivity index (χ3n) is 4.52. The second-order valence-corrected chi connectivity index (χ2v) is 6.64. The summed E-state index contributed by atoms with van der Waals surface area (Å²) in [5.41, 5.74) is 1.98. The van der Waals surface area contributed by atoms with E-state index in [0.29, 0.717) is 35.0 Å². The average Bonchev–Trinajstić information content (AvgIpc) is 2.77. The van der Waals surface area contributed by atoms with Gasteiger partial charge in [-0.2, -0.15) is 0 Å². The zero-order chi connectivity index (χ0) is 21.9. The van der Waals surface area contributed by atoms with Gasteiger partial charge in [0.15, 0.2) is 29.3 Å². The maximum Gasteiger partial charge on any atom is 0.311 e. The highest BCUT2D eigenvalue weighted by Gasteiger charge is 2.12. The summed E-state index contributed by atoms with van der Waals surface area (Å²) in [7, 11) is 4.54. The van der Waals surface area contributed by atoms with E-state index in [0.717, 1.165) is 36.7 Å². The van der Waals surface area contributed by atoms with Crippen LogP contribution in [-0.2, 0) is 4.79 Å². The summed E-state index contributed by atoms with van der Waals surface area (Å²) in [6, 6.07) is 8.84. The van der Waals surface area contributed by atoms with Gasteiger partial charge in [0.05, 0.1) is 26.9 Å². The third-order valence-corrected chi connectivity index (χ3v) is 4.52. The zero-order valence-electron chi connectivity index (χ0n) is 17.9. The summed E-state index contributed by atoms with van der Waals surface area (Å²) in [5, 5.41) is 0. The molecule has 0 N–H and O–H groups in total. The number of ether oxygens (including phenoxy) is 4. The van der Waals surface area contributed by atoms with Crippen LogP contribution in [0.5, 0.6) is 23.0 Å². The number of rotatable bonds is 11. The minimum Gasteiger partial charge on any atom is -0.493 e. The molecule has 30 heavy (non-hydrogen) atoms. The molecule has 0 heterocycles. The van der Waals surface area contributed by atoms with E-state index < -0.39 is 0 Å². The number of benzene rings is 2. The predicted molar refractivity (Wildman–Crippen MR) is 117 cm³/mol. The second-order valence-electron chi connectivity index (χ2n) is 6.64. The maximum absolute atomic E-state index is 12.1. The van der Waals surface area contributed by atoms with Crippen molar-refractivity contribution in [2.45, 2.75) is 32.6 Å². The van der Waals surface area contributed by atoms with Crippen molar-refractivity contribution in [3.8, 4) is 23.0 Å². The van der Waals surface area contributed by atoms with Gasteiger partial charge in [0, 0.05) is 6.42 Å². The number of unbranched alkanes of at least 4 members (excludes halogenated alkanes) is 2. The van der Waals surface area contributed by atoms with Crippen molar-refractivity contribution < 1.29 is 28.5 Å². The van der Waals surface area contributed by atoms with Gasteiger partial charge in [-0.3, -0.25) is 9.59 Å². The molecule has 2 rings (SSSR count). The average molecular weight is 412 g/mol. The fraction of sp³-hybridized carbons (Fsp3) is 0.333. The Balaban J connectivity index is 2.25. The van der Waals surface area contributed by atoms with Crippen molar-refractivity contribution in [2.75, 3.05) is 21.3 Å². The van der Waals surface area contributed by atoms with E-state index in [4.69, 9.17) is 18.9 Å². The van der Waals surface area contributed by atoms with E-state index >= 15 is 0 Å². The Morgan fingerprint density at radius 3 is 2.20 bits per heavy atom. The highest BCUT2D eigenvalue weighted by Crippen LogP contribution is 2.33. The summed E-state index contributed by atoms with van der Waals surface area (Å²) >= 11 is 0. The highest BCUT2D eigenvalue weighted by molar-refractivity contribution is 5.84. The lowest BCUT2D eigenvalue weighted by Gasteiger charge is -2.11. The van der Waals surface area contributed by atoms with E-state index in [1.807, 2.05) is 18.2 Å². The number of hydrogen-bond donors (Lipinski definition) is 0. The molecule has 2 aromatic rings. The lowest BCUT2D eigenvalue weighted by molar-refractivity contribution is -0.134. The molecule has 0 atom stereocenters. The number of esters is 1. The normalized spacial score (nSPS) is 10.7. The molecule has 0 saturated heterocycles. The molecular formula is C24H28O6. The lowest BCUT2D eigenvalue weighted by atomic mass is 10.1. The van der Waals surface area contributed by atoms with Crippen LogP contribution >= 0.6 is 0 Å². The third kappa shape index (κ3) is 6.11. The van der Waals surface area contributed by atoms with Gasteiger partial charge in [0.25, 0.3) is 0 Å². The van der Waals surface area contributed by atoms with Crippen LogP contribution in [0.25, 0.3) is 12.2 Å². The van der Waals surface area contributed by atoms with E-state index in [9.17, 15) is 9.59 Å². The largest absolute Gasteiger partial charge is 0.493 e. The smallest absolute Gasteiger partial charge is 0.311 e. The molecule has 0 fully saturated rings. The topological polar surface area (TPSA) is 71.1 Å². The Bertz CT molecular complexity index is 901. The summed E-state index contributed by atoms with van der Waals surface area (Å²) in [4.78, 5) is 23.5. The molecule has 0 aliphatic heterocycles. The first kappa shape index (κ1) is 23.0. The number of carbonyl (C=O) groups excluding carboxylic acids is 2. The maximum atomic E-state index is 12.1. The van der Waals surface area contributed by atoms with Gasteiger partial charge in [-0.25, -0.2) is 0 Å². The number of methoxy groups -OCH3 is 3. The number of aldehydes is 1. The highest BCUT2D eigenvalue weighted by atomic mass is 16.6. The Morgan fingerprint density at radius 1 is 0.867 bits per heavy atom. The monoisotopic (exact) mass is 412 g/mol. The minimum atomic E-state index is -0.279. The zero-order valence-corrected chi connectivity index (χ0v) is 17.9. The van der Waals surface area contributed by atoms with E-state index in [1.54, 1.807) is 24.3 Å². The van der Waals surface area contributed by atoms with Crippen molar-refractivity contribution in [1.29, 1.82) is 0 Å². The van der Waals surface area contributed by atoms with Gasteiger partial charge >= 0.3 is 5.97 Å². The quantitative estimate of drug-likeness (QED) is 0.166. The first-order chi connectivity index (χ1) is 14.6. The molecular weight excluding hydrogens is 384 g/mol. The van der Waals surface area contributed by atoms with E-state index in [1.165, 1.54) is 21.3 Å². The molecule has 0 saturated carbocycles. The van der Waals surface area contributed by atoms with Crippen LogP contribution in [0.3, 0.4) is 0 Å². The van der Waals surface area contributed by atoms with Crippen LogP contribution in [0, 0.1) is 0 Å². The molecule has 6 heteroatoms. The van der Waals surface area contributed by atoms with Crippen molar-refractivity contribution in [3.05, 3.63) is 47.0 Å². The molecule has 0 amide bonds. The molecule has 0 radical (unpaired) electrons. The van der Waals surface area contributed by atoms with Crippen LogP contribution in [-0.4, -0.2) is 33.6 Å². The molecule has 2 aromatic carbocycles. The summed E-state index contributed by atoms with van der Waals surface area (Å²) < 4.78 is 21.4.